The highest BCUT2D eigenvalue weighted by Gasteiger charge is 2.66. The van der Waals surface area contributed by atoms with Crippen LogP contribution in [0, 0.1) is 24.0 Å². The van der Waals surface area contributed by atoms with Crippen molar-refractivity contribution in [3.8, 4) is 0 Å². The molecule has 2 heterocycles. The number of aryl methyl sites for hydroxylation is 2. The van der Waals surface area contributed by atoms with Crippen LogP contribution in [0.2, 0.25) is 0 Å². The minimum Gasteiger partial charge on any atom is -0.343 e. The number of benzene rings is 2. The number of anilines is 2. The zero-order chi connectivity index (χ0) is 17.9. The second kappa shape index (κ2) is 5.14. The Labute approximate surface area is 143 Å². The fourth-order valence-corrected chi connectivity index (χ4v) is 3.47. The highest BCUT2D eigenvalue weighted by atomic mass is 16.6. The molecule has 4 rings (SSSR count). The van der Waals surface area contributed by atoms with Gasteiger partial charge in [-0.1, -0.05) is 17.7 Å². The number of hydrogen-bond acceptors (Lipinski definition) is 5. The largest absolute Gasteiger partial charge is 0.343 e. The number of amides is 2. The van der Waals surface area contributed by atoms with Crippen LogP contribution in [0.15, 0.2) is 42.5 Å². The van der Waals surface area contributed by atoms with Gasteiger partial charge in [0.25, 0.3) is 17.5 Å². The molecule has 0 aromatic heterocycles. The van der Waals surface area contributed by atoms with Crippen LogP contribution in [0.3, 0.4) is 0 Å². The molecule has 0 N–H and O–H groups in total. The molecule has 25 heavy (non-hydrogen) atoms. The third-order valence-corrected chi connectivity index (χ3v) is 4.71. The van der Waals surface area contributed by atoms with Crippen LogP contribution in [0.4, 0.5) is 17.1 Å². The number of piperazine rings is 1. The van der Waals surface area contributed by atoms with Crippen molar-refractivity contribution in [3.05, 3.63) is 63.7 Å². The Bertz CT molecular complexity index is 900. The summed E-state index contributed by atoms with van der Waals surface area (Å²) in [5.74, 6) is -0.499. The van der Waals surface area contributed by atoms with Gasteiger partial charge in [-0.05, 0) is 37.6 Å². The molecule has 0 bridgehead atoms. The van der Waals surface area contributed by atoms with Crippen molar-refractivity contribution in [2.75, 3.05) is 9.80 Å². The predicted octanol–water partition coefficient (Wildman–Crippen LogP) is 2.34. The molecule has 2 aromatic rings. The average molecular weight is 337 g/mol. The van der Waals surface area contributed by atoms with Gasteiger partial charge in [-0.25, -0.2) is 4.90 Å². The van der Waals surface area contributed by atoms with Crippen molar-refractivity contribution in [2.45, 2.75) is 25.9 Å². The zero-order valence-corrected chi connectivity index (χ0v) is 13.7. The van der Waals surface area contributed by atoms with Gasteiger partial charge in [-0.15, -0.1) is 0 Å². The van der Waals surface area contributed by atoms with Crippen molar-refractivity contribution in [1.82, 2.24) is 0 Å². The van der Waals surface area contributed by atoms with Gasteiger partial charge in [0.1, 0.15) is 12.1 Å². The van der Waals surface area contributed by atoms with Crippen LogP contribution in [0.5, 0.6) is 0 Å². The molecule has 2 unspecified atom stereocenters. The van der Waals surface area contributed by atoms with E-state index in [0.29, 0.717) is 11.4 Å². The zero-order valence-electron chi connectivity index (χ0n) is 13.7. The highest BCUT2D eigenvalue weighted by Crippen LogP contribution is 2.44. The van der Waals surface area contributed by atoms with Gasteiger partial charge in [-0.2, -0.15) is 0 Å². The maximum Gasteiger partial charge on any atom is 0.269 e. The lowest BCUT2D eigenvalue weighted by Crippen LogP contribution is -2.39. The van der Waals surface area contributed by atoms with Crippen LogP contribution < -0.4 is 9.80 Å². The van der Waals surface area contributed by atoms with E-state index in [1.807, 2.05) is 26.0 Å². The number of nitrogens with zero attached hydrogens (tertiary/aromatic N) is 3. The first-order chi connectivity index (χ1) is 11.9. The summed E-state index contributed by atoms with van der Waals surface area (Å²) in [6.45, 7) is 3.83. The summed E-state index contributed by atoms with van der Waals surface area (Å²) in [5, 5.41) is 10.7. The second-order valence-electron chi connectivity index (χ2n) is 6.37. The molecule has 7 heteroatoms. The van der Waals surface area contributed by atoms with E-state index >= 15 is 0 Å². The SMILES string of the molecule is Cc1ccc(N2C(=O)C3C(C2=O)N3c2ccc([N+](=O)[O-])cc2)c(C)c1. The highest BCUT2D eigenvalue weighted by molar-refractivity contribution is 6.31. The first-order valence-corrected chi connectivity index (χ1v) is 7.88. The quantitative estimate of drug-likeness (QED) is 0.371. The standard InChI is InChI=1S/C18H15N3O4/c1-10-3-8-14(11(2)9-10)20-17(22)15-16(18(20)23)19(15)12-4-6-13(7-5-12)21(24)25/h3-9,15-16H,1-2H3. The lowest BCUT2D eigenvalue weighted by Gasteiger charge is -2.22. The second-order valence-corrected chi connectivity index (χ2v) is 6.37. The maximum absolute atomic E-state index is 12.7. The Morgan fingerprint density at radius 2 is 1.56 bits per heavy atom. The van der Waals surface area contributed by atoms with Crippen molar-refractivity contribution < 1.29 is 14.5 Å². The molecule has 0 spiro atoms. The van der Waals surface area contributed by atoms with E-state index in [0.717, 1.165) is 11.1 Å². The minimum atomic E-state index is -0.519. The summed E-state index contributed by atoms with van der Waals surface area (Å²) in [4.78, 5) is 38.6. The molecule has 0 saturated carbocycles. The molecule has 2 amide bonds. The Morgan fingerprint density at radius 3 is 2.08 bits per heavy atom. The number of fused-ring (bicyclic) bond motifs is 1. The number of nitro benzene ring substituents is 1. The fourth-order valence-electron chi connectivity index (χ4n) is 3.47. The molecule has 2 aliphatic rings. The number of carbonyl (C=O) groups excluding carboxylic acids is 2. The summed E-state index contributed by atoms with van der Waals surface area (Å²) < 4.78 is 0. The normalized spacial score (nSPS) is 21.5. The Balaban J connectivity index is 1.60. The number of rotatable bonds is 3. The van der Waals surface area contributed by atoms with Crippen LogP contribution in [-0.4, -0.2) is 28.8 Å². The molecular weight excluding hydrogens is 322 g/mol. The van der Waals surface area contributed by atoms with E-state index in [4.69, 9.17) is 0 Å². The number of imide groups is 1. The van der Waals surface area contributed by atoms with Gasteiger partial charge in [0.05, 0.1) is 10.6 Å². The summed E-state index contributed by atoms with van der Waals surface area (Å²) in [6, 6.07) is 10.5. The Morgan fingerprint density at radius 1 is 0.960 bits per heavy atom. The van der Waals surface area contributed by atoms with Gasteiger partial charge in [0.15, 0.2) is 0 Å². The summed E-state index contributed by atoms with van der Waals surface area (Å²) >= 11 is 0. The van der Waals surface area contributed by atoms with Gasteiger partial charge in [0.2, 0.25) is 0 Å². The van der Waals surface area contributed by atoms with Crippen LogP contribution in [-0.2, 0) is 9.59 Å². The monoisotopic (exact) mass is 337 g/mol. The molecule has 2 aromatic carbocycles. The van der Waals surface area contributed by atoms with Gasteiger partial charge in [-0.3, -0.25) is 19.7 Å². The first kappa shape index (κ1) is 15.3. The Kier molecular flexibility index (Phi) is 3.15. The van der Waals surface area contributed by atoms with E-state index in [9.17, 15) is 19.7 Å². The molecule has 0 radical (unpaired) electrons. The van der Waals surface area contributed by atoms with Crippen molar-refractivity contribution in [3.63, 3.8) is 0 Å². The summed E-state index contributed by atoms with van der Waals surface area (Å²) in [6.07, 6.45) is 0. The van der Waals surface area contributed by atoms with E-state index in [1.165, 1.54) is 17.0 Å². The minimum absolute atomic E-state index is 0.0229. The van der Waals surface area contributed by atoms with E-state index < -0.39 is 17.0 Å². The smallest absolute Gasteiger partial charge is 0.269 e. The van der Waals surface area contributed by atoms with Gasteiger partial charge < -0.3 is 4.90 Å². The summed E-state index contributed by atoms with van der Waals surface area (Å²) in [7, 11) is 0. The third kappa shape index (κ3) is 2.20. The van der Waals surface area contributed by atoms with Gasteiger partial charge in [0, 0.05) is 17.8 Å². The van der Waals surface area contributed by atoms with E-state index in [2.05, 4.69) is 0 Å². The maximum atomic E-state index is 12.7. The fraction of sp³-hybridized carbons (Fsp3) is 0.222. The van der Waals surface area contributed by atoms with Gasteiger partial charge >= 0.3 is 0 Å². The lowest BCUT2D eigenvalue weighted by atomic mass is 10.1. The third-order valence-electron chi connectivity index (χ3n) is 4.71. The van der Waals surface area contributed by atoms with Crippen LogP contribution >= 0.6 is 0 Å². The lowest BCUT2D eigenvalue weighted by molar-refractivity contribution is -0.384. The van der Waals surface area contributed by atoms with E-state index in [-0.39, 0.29) is 17.5 Å². The van der Waals surface area contributed by atoms with Crippen molar-refractivity contribution >= 4 is 28.9 Å². The number of nitro groups is 1. The number of non-ortho nitro benzene ring substituents is 1. The summed E-state index contributed by atoms with van der Waals surface area (Å²) in [5.41, 5.74) is 3.19. The Hall–Kier alpha value is -3.22. The number of carbonyl (C=O) groups is 2. The number of hydrogen-bond donors (Lipinski definition) is 0. The van der Waals surface area contributed by atoms with Crippen molar-refractivity contribution in [2.24, 2.45) is 0 Å². The molecule has 2 saturated heterocycles. The average Bonchev–Trinajstić information content (AvgIpc) is 3.26. The predicted molar refractivity (Wildman–Crippen MR) is 91.6 cm³/mol. The topological polar surface area (TPSA) is 83.5 Å². The van der Waals surface area contributed by atoms with Crippen LogP contribution in [0.1, 0.15) is 11.1 Å². The van der Waals surface area contributed by atoms with Crippen LogP contribution in [0.25, 0.3) is 0 Å². The van der Waals surface area contributed by atoms with E-state index in [1.54, 1.807) is 23.1 Å². The molecule has 0 aliphatic carbocycles. The molecule has 2 aliphatic heterocycles. The first-order valence-electron chi connectivity index (χ1n) is 7.88. The molecule has 2 fully saturated rings. The van der Waals surface area contributed by atoms with Crippen molar-refractivity contribution in [1.29, 1.82) is 0 Å². The molecular formula is C18H15N3O4. The molecule has 2 atom stereocenters. The molecule has 126 valence electrons. The molecule has 7 nitrogen and oxygen atoms in total.